The van der Waals surface area contributed by atoms with Gasteiger partial charge in [-0.1, -0.05) is 43.0 Å². The Bertz CT molecular complexity index is 936. The van der Waals surface area contributed by atoms with Crippen LogP contribution in [0.2, 0.25) is 0 Å². The smallest absolute Gasteiger partial charge is 0.260 e. The number of hydrogen-bond acceptors (Lipinski definition) is 5. The fraction of sp³-hybridized carbons (Fsp3) is 0.278. The molecule has 0 fully saturated rings. The molecule has 0 radical (unpaired) electrons. The minimum Gasteiger partial charge on any atom is -0.301 e. The number of aryl methyl sites for hydroxylation is 1. The zero-order valence-corrected chi connectivity index (χ0v) is 15.0. The van der Waals surface area contributed by atoms with Gasteiger partial charge >= 0.3 is 0 Å². The van der Waals surface area contributed by atoms with E-state index in [2.05, 4.69) is 47.2 Å². The first kappa shape index (κ1) is 16.7. The molecule has 6 heteroatoms. The van der Waals surface area contributed by atoms with E-state index in [1.807, 2.05) is 5.38 Å². The molecule has 0 aliphatic carbocycles. The minimum absolute atomic E-state index is 0.0985. The van der Waals surface area contributed by atoms with Crippen LogP contribution in [0, 0.1) is 11.3 Å². The van der Waals surface area contributed by atoms with Crippen molar-refractivity contribution >= 4 is 33.3 Å². The molecule has 3 rings (SSSR count). The van der Waals surface area contributed by atoms with Crippen molar-refractivity contribution in [3.63, 3.8) is 0 Å². The Balaban J connectivity index is 1.91. The minimum atomic E-state index is -0.0985. The van der Waals surface area contributed by atoms with E-state index in [9.17, 15) is 4.79 Å². The molecule has 2 aromatic heterocycles. The molecular formula is C18H17N3OS2. The summed E-state index contributed by atoms with van der Waals surface area (Å²) in [6.07, 6.45) is 2.32. The highest BCUT2D eigenvalue weighted by molar-refractivity contribution is 7.99. The number of hydrogen-bond donors (Lipinski definition) is 1. The Morgan fingerprint density at radius 1 is 1.33 bits per heavy atom. The van der Waals surface area contributed by atoms with Crippen molar-refractivity contribution < 1.29 is 0 Å². The van der Waals surface area contributed by atoms with Crippen molar-refractivity contribution in [1.82, 2.24) is 9.97 Å². The van der Waals surface area contributed by atoms with Crippen LogP contribution in [0.5, 0.6) is 0 Å². The standard InChI is InChI=1S/C18H17N3OS2/c1-2-12-5-7-13(8-6-12)14-11-24-17-15(14)16(22)20-18(21-17)23-10-4-3-9-19/h5-8,11H,2-4,10H2,1H3,(H,20,21,22). The number of H-pyrrole nitrogens is 1. The topological polar surface area (TPSA) is 69.5 Å². The predicted molar refractivity (Wildman–Crippen MR) is 101 cm³/mol. The first-order valence-corrected chi connectivity index (χ1v) is 9.70. The van der Waals surface area contributed by atoms with Crippen molar-refractivity contribution in [2.45, 2.75) is 31.3 Å². The Labute approximate surface area is 148 Å². The Hall–Kier alpha value is -2.10. The SMILES string of the molecule is CCc1ccc(-c2csc3nc(SCCCC#N)[nH]c(=O)c23)cc1. The number of thioether (sulfide) groups is 1. The molecule has 0 atom stereocenters. The van der Waals surface area contributed by atoms with Crippen LogP contribution >= 0.6 is 23.1 Å². The van der Waals surface area contributed by atoms with Gasteiger partial charge in [-0.3, -0.25) is 4.79 Å². The molecule has 4 nitrogen and oxygen atoms in total. The van der Waals surface area contributed by atoms with Gasteiger partial charge in [0.05, 0.1) is 11.5 Å². The molecule has 0 unspecified atom stereocenters. The Morgan fingerprint density at radius 2 is 2.12 bits per heavy atom. The number of unbranched alkanes of at least 4 members (excludes halogenated alkanes) is 1. The van der Waals surface area contributed by atoms with Crippen LogP contribution in [0.15, 0.2) is 39.6 Å². The summed E-state index contributed by atoms with van der Waals surface area (Å²) < 4.78 is 0. The summed E-state index contributed by atoms with van der Waals surface area (Å²) in [4.78, 5) is 20.7. The molecule has 0 aliphatic heterocycles. The summed E-state index contributed by atoms with van der Waals surface area (Å²) in [6.45, 7) is 2.12. The second-order valence-corrected chi connectivity index (χ2v) is 7.30. The Kier molecular flexibility index (Phi) is 5.34. The van der Waals surface area contributed by atoms with Gasteiger partial charge in [-0.25, -0.2) is 4.98 Å². The highest BCUT2D eigenvalue weighted by Gasteiger charge is 2.13. The highest BCUT2D eigenvalue weighted by Crippen LogP contribution is 2.31. The molecule has 122 valence electrons. The van der Waals surface area contributed by atoms with Gasteiger partial charge in [-0.15, -0.1) is 11.3 Å². The molecule has 0 bridgehead atoms. The maximum Gasteiger partial charge on any atom is 0.260 e. The van der Waals surface area contributed by atoms with Gasteiger partial charge in [0, 0.05) is 23.1 Å². The second kappa shape index (κ2) is 7.65. The van der Waals surface area contributed by atoms with Gasteiger partial charge in [0.15, 0.2) is 5.16 Å². The number of nitriles is 1. The number of aromatic nitrogens is 2. The fourth-order valence-corrected chi connectivity index (χ4v) is 4.26. The molecule has 0 saturated carbocycles. The second-order valence-electron chi connectivity index (χ2n) is 5.36. The quantitative estimate of drug-likeness (QED) is 0.398. The zero-order valence-electron chi connectivity index (χ0n) is 13.3. The lowest BCUT2D eigenvalue weighted by atomic mass is 10.0. The van der Waals surface area contributed by atoms with E-state index >= 15 is 0 Å². The van der Waals surface area contributed by atoms with Gasteiger partial charge in [-0.2, -0.15) is 5.26 Å². The third-order valence-electron chi connectivity index (χ3n) is 3.77. The van der Waals surface area contributed by atoms with Crippen LogP contribution in [0.3, 0.4) is 0 Å². The first-order valence-electron chi connectivity index (χ1n) is 7.83. The van der Waals surface area contributed by atoms with E-state index in [-0.39, 0.29) is 5.56 Å². The average molecular weight is 355 g/mol. The van der Waals surface area contributed by atoms with Gasteiger partial charge in [0.1, 0.15) is 4.83 Å². The molecule has 24 heavy (non-hydrogen) atoms. The van der Waals surface area contributed by atoms with Crippen molar-refractivity contribution in [3.05, 3.63) is 45.6 Å². The zero-order chi connectivity index (χ0) is 16.9. The summed E-state index contributed by atoms with van der Waals surface area (Å²) in [6, 6.07) is 10.4. The molecule has 2 heterocycles. The molecule has 0 amide bonds. The lowest BCUT2D eigenvalue weighted by Gasteiger charge is -2.03. The molecule has 3 aromatic rings. The van der Waals surface area contributed by atoms with Crippen LogP contribution in [0.25, 0.3) is 21.3 Å². The van der Waals surface area contributed by atoms with Crippen LogP contribution in [0.4, 0.5) is 0 Å². The lowest BCUT2D eigenvalue weighted by molar-refractivity contribution is 0.951. The van der Waals surface area contributed by atoms with E-state index < -0.39 is 0 Å². The van der Waals surface area contributed by atoms with Crippen molar-refractivity contribution in [3.8, 4) is 17.2 Å². The number of thiophene rings is 1. The van der Waals surface area contributed by atoms with Gasteiger partial charge in [0.25, 0.3) is 5.56 Å². The van der Waals surface area contributed by atoms with E-state index in [4.69, 9.17) is 5.26 Å². The van der Waals surface area contributed by atoms with Crippen molar-refractivity contribution in [1.29, 1.82) is 5.26 Å². The number of aromatic amines is 1. The van der Waals surface area contributed by atoms with Crippen LogP contribution in [0.1, 0.15) is 25.3 Å². The van der Waals surface area contributed by atoms with Gasteiger partial charge < -0.3 is 4.98 Å². The van der Waals surface area contributed by atoms with E-state index in [0.717, 1.165) is 34.6 Å². The van der Waals surface area contributed by atoms with E-state index in [1.165, 1.54) is 28.7 Å². The molecule has 1 aromatic carbocycles. The maximum atomic E-state index is 12.5. The molecule has 0 saturated heterocycles. The largest absolute Gasteiger partial charge is 0.301 e. The monoisotopic (exact) mass is 355 g/mol. The molecule has 0 spiro atoms. The van der Waals surface area contributed by atoms with Crippen molar-refractivity contribution in [2.75, 3.05) is 5.75 Å². The number of rotatable bonds is 6. The first-order chi connectivity index (χ1) is 11.7. The number of fused-ring (bicyclic) bond motifs is 1. The van der Waals surface area contributed by atoms with Gasteiger partial charge in [0.2, 0.25) is 0 Å². The van der Waals surface area contributed by atoms with Crippen LogP contribution in [-0.2, 0) is 6.42 Å². The van der Waals surface area contributed by atoms with E-state index in [1.54, 1.807) is 0 Å². The van der Waals surface area contributed by atoms with Gasteiger partial charge in [-0.05, 0) is 24.0 Å². The van der Waals surface area contributed by atoms with E-state index in [0.29, 0.717) is 17.0 Å². The summed E-state index contributed by atoms with van der Waals surface area (Å²) in [7, 11) is 0. The fourth-order valence-electron chi connectivity index (χ4n) is 2.45. The van der Waals surface area contributed by atoms with Crippen LogP contribution in [-0.4, -0.2) is 15.7 Å². The molecule has 0 aliphatic rings. The summed E-state index contributed by atoms with van der Waals surface area (Å²) >= 11 is 2.98. The third-order valence-corrected chi connectivity index (χ3v) is 5.60. The van der Waals surface area contributed by atoms with Crippen LogP contribution < -0.4 is 5.56 Å². The summed E-state index contributed by atoms with van der Waals surface area (Å²) in [5.41, 5.74) is 3.16. The molecular weight excluding hydrogens is 338 g/mol. The summed E-state index contributed by atoms with van der Waals surface area (Å²) in [5.74, 6) is 0.777. The maximum absolute atomic E-state index is 12.5. The normalized spacial score (nSPS) is 10.8. The average Bonchev–Trinajstić information content (AvgIpc) is 3.03. The lowest BCUT2D eigenvalue weighted by Crippen LogP contribution is -2.08. The summed E-state index contributed by atoms with van der Waals surface area (Å²) in [5, 5.41) is 11.8. The number of nitrogens with zero attached hydrogens (tertiary/aromatic N) is 2. The number of benzene rings is 1. The predicted octanol–water partition coefficient (Wildman–Crippen LogP) is 4.61. The van der Waals surface area contributed by atoms with Crippen molar-refractivity contribution in [2.24, 2.45) is 0 Å². The third kappa shape index (κ3) is 3.53. The highest BCUT2D eigenvalue weighted by atomic mass is 32.2. The molecule has 1 N–H and O–H groups in total. The number of nitrogens with one attached hydrogen (secondary N) is 1. The Morgan fingerprint density at radius 3 is 2.83 bits per heavy atom.